The van der Waals surface area contributed by atoms with Crippen LogP contribution in [0.3, 0.4) is 0 Å². The first-order chi connectivity index (χ1) is 12.7. The highest BCUT2D eigenvalue weighted by Crippen LogP contribution is 2.14. The maximum atomic E-state index is 9.79. The lowest BCUT2D eigenvalue weighted by Crippen LogP contribution is -2.46. The van der Waals surface area contributed by atoms with Crippen LogP contribution in [0.1, 0.15) is 111 Å². The number of hydrogen-bond acceptors (Lipinski definition) is 2. The normalized spacial score (nSPS) is 11.9. The first kappa shape index (κ1) is 29.1. The zero-order valence-corrected chi connectivity index (χ0v) is 20.0. The molecule has 0 aliphatic heterocycles. The Morgan fingerprint density at radius 2 is 0.926 bits per heavy atom. The molecule has 166 valence electrons. The van der Waals surface area contributed by atoms with Gasteiger partial charge in [-0.05, 0) is 44.9 Å². The molecule has 1 N–H and O–H groups in total. The Bertz CT molecular complexity index is 365. The first-order valence-corrected chi connectivity index (χ1v) is 13.1. The van der Waals surface area contributed by atoms with Crippen molar-refractivity contribution >= 4 is 10.1 Å². The molecule has 27 heavy (non-hydrogen) atoms. The van der Waals surface area contributed by atoms with Gasteiger partial charge < -0.3 is 4.48 Å². The zero-order chi connectivity index (χ0) is 21.0. The predicted octanol–water partition coefficient (Wildman–Crippen LogP) is 6.46. The molecule has 0 aliphatic rings. The highest BCUT2D eigenvalue weighted by atomic mass is 32.2. The second-order valence-corrected chi connectivity index (χ2v) is 9.83. The van der Waals surface area contributed by atoms with Gasteiger partial charge >= 0.3 is 0 Å². The van der Waals surface area contributed by atoms with Gasteiger partial charge in [0, 0.05) is 0 Å². The van der Waals surface area contributed by atoms with E-state index in [0.717, 1.165) is 0 Å². The minimum absolute atomic E-state index is 0.132. The summed E-state index contributed by atoms with van der Waals surface area (Å²) in [6.45, 7) is 12.9. The summed E-state index contributed by atoms with van der Waals surface area (Å²) in [5, 5.41) is 0. The van der Waals surface area contributed by atoms with Crippen LogP contribution >= 0.6 is 0 Å². The lowest BCUT2D eigenvalue weighted by Gasteiger charge is -2.35. The van der Waals surface area contributed by atoms with Gasteiger partial charge in [0.15, 0.2) is 0 Å². The summed E-state index contributed by atoms with van der Waals surface area (Å²) >= 11 is 0. The summed E-state index contributed by atoms with van der Waals surface area (Å²) in [4.78, 5) is 0. The summed E-state index contributed by atoms with van der Waals surface area (Å²) in [5.74, 6) is -0.132. The summed E-state index contributed by atoms with van der Waals surface area (Å²) in [6, 6.07) is 0. The van der Waals surface area contributed by atoms with Gasteiger partial charge in [0.1, 0.15) is 0 Å². The Morgan fingerprint density at radius 3 is 1.11 bits per heavy atom. The van der Waals surface area contributed by atoms with Crippen LogP contribution in [0.15, 0.2) is 0 Å². The number of quaternary nitrogens is 1. The van der Waals surface area contributed by atoms with Gasteiger partial charge in [-0.2, -0.15) is 8.42 Å². The fourth-order valence-electron chi connectivity index (χ4n) is 3.35. The Labute approximate surface area is 171 Å². The minimum atomic E-state index is -3.67. The van der Waals surface area contributed by atoms with Crippen molar-refractivity contribution in [2.45, 2.75) is 111 Å². The topological polar surface area (TPSA) is 54.4 Å². The van der Waals surface area contributed by atoms with Gasteiger partial charge in [0.2, 0.25) is 0 Å². The van der Waals surface area contributed by atoms with E-state index in [1.165, 1.54) is 101 Å². The van der Waals surface area contributed by atoms with Gasteiger partial charge in [-0.3, -0.25) is 4.55 Å². The summed E-state index contributed by atoms with van der Waals surface area (Å²) < 4.78 is 28.9. The molecule has 0 heterocycles. The molecular formula is C22H50NO3S+. The van der Waals surface area contributed by atoms with Crippen molar-refractivity contribution in [1.29, 1.82) is 0 Å². The fourth-order valence-corrected chi connectivity index (χ4v) is 3.87. The van der Waals surface area contributed by atoms with E-state index in [4.69, 9.17) is 4.55 Å². The Kier molecular flexibility index (Phi) is 20.7. The smallest absolute Gasteiger partial charge is 0.264 e. The Balaban J connectivity index is 0. The van der Waals surface area contributed by atoms with Gasteiger partial charge in [-0.25, -0.2) is 0 Å². The maximum Gasteiger partial charge on any atom is 0.264 e. The van der Waals surface area contributed by atoms with Crippen molar-refractivity contribution < 1.29 is 17.5 Å². The molecule has 0 amide bonds. The SMILES string of the molecule is CCCCCC[N+](C)(CCCCCC)CCCCCC.CCCS(=O)(=O)O. The first-order valence-electron chi connectivity index (χ1n) is 11.5. The van der Waals surface area contributed by atoms with Crippen molar-refractivity contribution in [3.63, 3.8) is 0 Å². The third kappa shape index (κ3) is 23.8. The highest BCUT2D eigenvalue weighted by molar-refractivity contribution is 7.85. The molecule has 0 aromatic rings. The van der Waals surface area contributed by atoms with Crippen molar-refractivity contribution in [3.8, 4) is 0 Å². The Hall–Kier alpha value is -0.130. The molecule has 0 spiro atoms. The van der Waals surface area contributed by atoms with Crippen LogP contribution in [0.4, 0.5) is 0 Å². The third-order valence-corrected chi connectivity index (χ3v) is 6.04. The largest absolute Gasteiger partial charge is 0.326 e. The minimum Gasteiger partial charge on any atom is -0.326 e. The lowest BCUT2D eigenvalue weighted by atomic mass is 10.1. The van der Waals surface area contributed by atoms with E-state index in [9.17, 15) is 8.42 Å². The molecule has 0 aromatic carbocycles. The quantitative estimate of drug-likeness (QED) is 0.171. The maximum absolute atomic E-state index is 9.79. The van der Waals surface area contributed by atoms with Crippen LogP contribution in [-0.2, 0) is 10.1 Å². The van der Waals surface area contributed by atoms with Gasteiger partial charge in [-0.15, -0.1) is 0 Å². The molecule has 0 saturated heterocycles. The standard InChI is InChI=1S/C19H42N.C3H8O3S/c1-5-8-11-14-17-20(4,18-15-12-9-6-2)19-16-13-10-7-3;1-2-3-7(4,5)6/h5-19H2,1-4H3;2-3H2,1H3,(H,4,5,6)/q+1;. The predicted molar refractivity (Wildman–Crippen MR) is 120 cm³/mol. The number of nitrogens with zero attached hydrogens (tertiary/aromatic N) is 1. The average molecular weight is 409 g/mol. The van der Waals surface area contributed by atoms with Crippen LogP contribution in [0.25, 0.3) is 0 Å². The number of rotatable bonds is 17. The molecule has 0 rings (SSSR count). The molecule has 0 bridgehead atoms. The number of hydrogen-bond donors (Lipinski definition) is 1. The van der Waals surface area contributed by atoms with E-state index in [-0.39, 0.29) is 5.75 Å². The molecule has 0 unspecified atom stereocenters. The van der Waals surface area contributed by atoms with E-state index in [0.29, 0.717) is 6.42 Å². The van der Waals surface area contributed by atoms with Gasteiger partial charge in [-0.1, -0.05) is 66.2 Å². The van der Waals surface area contributed by atoms with Crippen molar-refractivity contribution in [2.75, 3.05) is 32.4 Å². The van der Waals surface area contributed by atoms with E-state index in [1.54, 1.807) is 6.92 Å². The summed E-state index contributed by atoms with van der Waals surface area (Å²) in [7, 11) is -1.16. The van der Waals surface area contributed by atoms with Crippen LogP contribution in [-0.4, -0.2) is 49.9 Å². The van der Waals surface area contributed by atoms with E-state index >= 15 is 0 Å². The van der Waals surface area contributed by atoms with Gasteiger partial charge in [0.05, 0.1) is 32.4 Å². The van der Waals surface area contributed by atoms with E-state index in [1.807, 2.05) is 0 Å². The molecule has 5 heteroatoms. The molecule has 0 radical (unpaired) electrons. The zero-order valence-electron chi connectivity index (χ0n) is 19.1. The molecular weight excluding hydrogens is 358 g/mol. The van der Waals surface area contributed by atoms with E-state index < -0.39 is 10.1 Å². The molecule has 0 saturated carbocycles. The highest BCUT2D eigenvalue weighted by Gasteiger charge is 2.19. The fraction of sp³-hybridized carbons (Fsp3) is 1.00. The molecule has 0 atom stereocenters. The van der Waals surface area contributed by atoms with Crippen LogP contribution in [0.2, 0.25) is 0 Å². The second-order valence-electron chi connectivity index (χ2n) is 8.26. The van der Waals surface area contributed by atoms with Crippen molar-refractivity contribution in [3.05, 3.63) is 0 Å². The average Bonchev–Trinajstić information content (AvgIpc) is 2.59. The van der Waals surface area contributed by atoms with Gasteiger partial charge in [0.25, 0.3) is 10.1 Å². The van der Waals surface area contributed by atoms with Crippen LogP contribution < -0.4 is 0 Å². The monoisotopic (exact) mass is 408 g/mol. The molecule has 0 aliphatic carbocycles. The van der Waals surface area contributed by atoms with E-state index in [2.05, 4.69) is 27.8 Å². The van der Waals surface area contributed by atoms with Crippen LogP contribution in [0, 0.1) is 0 Å². The summed E-state index contributed by atoms with van der Waals surface area (Å²) in [6.07, 6.45) is 17.4. The third-order valence-electron chi connectivity index (χ3n) is 5.12. The Morgan fingerprint density at radius 1 is 0.593 bits per heavy atom. The second kappa shape index (κ2) is 19.2. The number of unbranched alkanes of at least 4 members (excludes halogenated alkanes) is 9. The molecule has 4 nitrogen and oxygen atoms in total. The van der Waals surface area contributed by atoms with Crippen LogP contribution in [0.5, 0.6) is 0 Å². The molecule has 0 fully saturated rings. The van der Waals surface area contributed by atoms with Crippen molar-refractivity contribution in [2.24, 2.45) is 0 Å². The lowest BCUT2D eigenvalue weighted by molar-refractivity contribution is -0.910. The molecule has 0 aromatic heterocycles. The van der Waals surface area contributed by atoms with Crippen molar-refractivity contribution in [1.82, 2.24) is 0 Å². The summed E-state index contributed by atoms with van der Waals surface area (Å²) in [5.41, 5.74) is 0.